The van der Waals surface area contributed by atoms with E-state index in [1.165, 1.54) is 0 Å². The molecule has 0 aromatic carbocycles. The Balaban J connectivity index is 3.05. The molecule has 100 valence electrons. The first-order valence-electron chi connectivity index (χ1n) is 6.62. The van der Waals surface area contributed by atoms with E-state index in [1.54, 1.807) is 0 Å². The molecule has 2 aromatic rings. The lowest BCUT2D eigenvalue weighted by Crippen LogP contribution is -2.20. The van der Waals surface area contributed by atoms with Gasteiger partial charge in [0.15, 0.2) is 5.43 Å². The standard InChI is InChI=1S/C16H20N2O/c1-6-8-18-12(5)13(7-2)15(19)14-10(3)9-11(4)17-16(14)18/h6,9H,1,7-8H2,2-5H3. The molecule has 0 atom stereocenters. The van der Waals surface area contributed by atoms with E-state index < -0.39 is 0 Å². The van der Waals surface area contributed by atoms with Crippen molar-refractivity contribution in [3.8, 4) is 0 Å². The van der Waals surface area contributed by atoms with Crippen molar-refractivity contribution in [1.29, 1.82) is 0 Å². The van der Waals surface area contributed by atoms with E-state index in [-0.39, 0.29) is 5.43 Å². The molecule has 0 saturated heterocycles. The molecule has 2 heterocycles. The third kappa shape index (κ3) is 2.09. The van der Waals surface area contributed by atoms with Gasteiger partial charge in [-0.25, -0.2) is 4.98 Å². The zero-order valence-electron chi connectivity index (χ0n) is 12.1. The average molecular weight is 256 g/mol. The van der Waals surface area contributed by atoms with Crippen LogP contribution in [0, 0.1) is 20.8 Å². The van der Waals surface area contributed by atoms with Crippen LogP contribution in [0.4, 0.5) is 0 Å². The smallest absolute Gasteiger partial charge is 0.194 e. The molecule has 0 N–H and O–H groups in total. The second-order valence-electron chi connectivity index (χ2n) is 4.93. The number of nitrogens with zero attached hydrogens (tertiary/aromatic N) is 2. The van der Waals surface area contributed by atoms with Gasteiger partial charge in [0.2, 0.25) is 0 Å². The fourth-order valence-electron chi connectivity index (χ4n) is 2.70. The number of hydrogen-bond donors (Lipinski definition) is 0. The summed E-state index contributed by atoms with van der Waals surface area (Å²) in [6, 6.07) is 1.97. The summed E-state index contributed by atoms with van der Waals surface area (Å²) in [7, 11) is 0. The Labute approximate surface area is 113 Å². The Morgan fingerprint density at radius 3 is 2.63 bits per heavy atom. The van der Waals surface area contributed by atoms with Gasteiger partial charge >= 0.3 is 0 Å². The monoisotopic (exact) mass is 256 g/mol. The van der Waals surface area contributed by atoms with Crippen molar-refractivity contribution in [2.24, 2.45) is 0 Å². The molecule has 0 aliphatic carbocycles. The highest BCUT2D eigenvalue weighted by molar-refractivity contribution is 5.80. The van der Waals surface area contributed by atoms with E-state index in [2.05, 4.69) is 16.1 Å². The largest absolute Gasteiger partial charge is 0.326 e. The Bertz CT molecular complexity index is 711. The molecule has 0 spiro atoms. The molecular weight excluding hydrogens is 236 g/mol. The second-order valence-corrected chi connectivity index (χ2v) is 4.93. The van der Waals surface area contributed by atoms with Gasteiger partial charge in [-0.3, -0.25) is 4.79 Å². The van der Waals surface area contributed by atoms with Crippen LogP contribution in [0.15, 0.2) is 23.5 Å². The zero-order chi connectivity index (χ0) is 14.2. The molecule has 0 radical (unpaired) electrons. The predicted molar refractivity (Wildman–Crippen MR) is 79.8 cm³/mol. The lowest BCUT2D eigenvalue weighted by molar-refractivity contribution is 0.783. The Kier molecular flexibility index (Phi) is 3.56. The molecule has 0 bridgehead atoms. The van der Waals surface area contributed by atoms with Gasteiger partial charge in [0.25, 0.3) is 0 Å². The van der Waals surface area contributed by atoms with Crippen LogP contribution < -0.4 is 5.43 Å². The van der Waals surface area contributed by atoms with Gasteiger partial charge < -0.3 is 4.57 Å². The summed E-state index contributed by atoms with van der Waals surface area (Å²) < 4.78 is 2.09. The van der Waals surface area contributed by atoms with Crippen molar-refractivity contribution in [2.75, 3.05) is 0 Å². The fourth-order valence-corrected chi connectivity index (χ4v) is 2.70. The summed E-state index contributed by atoms with van der Waals surface area (Å²) in [5, 5.41) is 0.745. The molecule has 2 rings (SSSR count). The normalized spacial score (nSPS) is 10.9. The van der Waals surface area contributed by atoms with E-state index in [9.17, 15) is 4.79 Å². The van der Waals surface area contributed by atoms with E-state index in [4.69, 9.17) is 0 Å². The molecule has 0 aliphatic heterocycles. The maximum absolute atomic E-state index is 12.6. The van der Waals surface area contributed by atoms with E-state index in [1.807, 2.05) is 39.8 Å². The number of fused-ring (bicyclic) bond motifs is 1. The number of rotatable bonds is 3. The summed E-state index contributed by atoms with van der Waals surface area (Å²) >= 11 is 0. The van der Waals surface area contributed by atoms with Crippen LogP contribution in [0.25, 0.3) is 11.0 Å². The molecule has 3 nitrogen and oxygen atoms in total. The highest BCUT2D eigenvalue weighted by atomic mass is 16.1. The van der Waals surface area contributed by atoms with Crippen LogP contribution in [0.3, 0.4) is 0 Å². The fraction of sp³-hybridized carbons (Fsp3) is 0.375. The Morgan fingerprint density at radius 1 is 1.37 bits per heavy atom. The number of hydrogen-bond acceptors (Lipinski definition) is 2. The summed E-state index contributed by atoms with van der Waals surface area (Å²) in [5.74, 6) is 0. The minimum atomic E-state index is 0.125. The van der Waals surface area contributed by atoms with Crippen LogP contribution in [0.5, 0.6) is 0 Å². The van der Waals surface area contributed by atoms with Gasteiger partial charge in [0, 0.05) is 23.5 Å². The topological polar surface area (TPSA) is 34.9 Å². The van der Waals surface area contributed by atoms with E-state index in [0.717, 1.165) is 40.0 Å². The molecule has 2 aromatic heterocycles. The first-order chi connectivity index (χ1) is 9.01. The SMILES string of the molecule is C=CCn1c(C)c(CC)c(=O)c2c(C)cc(C)nc21. The van der Waals surface area contributed by atoms with Crippen molar-refractivity contribution in [3.05, 3.63) is 51.5 Å². The molecule has 0 saturated carbocycles. The third-order valence-electron chi connectivity index (χ3n) is 3.59. The van der Waals surface area contributed by atoms with Crippen molar-refractivity contribution >= 4 is 11.0 Å². The maximum atomic E-state index is 12.6. The number of allylic oxidation sites excluding steroid dienone is 1. The molecule has 3 heteroatoms. The molecule has 0 amide bonds. The van der Waals surface area contributed by atoms with Crippen molar-refractivity contribution in [2.45, 2.75) is 40.7 Å². The first kappa shape index (κ1) is 13.5. The number of pyridine rings is 2. The molecule has 19 heavy (non-hydrogen) atoms. The number of aryl methyl sites for hydroxylation is 2. The highest BCUT2D eigenvalue weighted by Crippen LogP contribution is 2.19. The number of aromatic nitrogens is 2. The van der Waals surface area contributed by atoms with Crippen molar-refractivity contribution < 1.29 is 0 Å². The lowest BCUT2D eigenvalue weighted by Gasteiger charge is -2.17. The van der Waals surface area contributed by atoms with Gasteiger partial charge in [-0.2, -0.15) is 0 Å². The predicted octanol–water partition coefficient (Wildman–Crippen LogP) is 3.07. The summed E-state index contributed by atoms with van der Waals surface area (Å²) in [6.07, 6.45) is 2.58. The second kappa shape index (κ2) is 5.00. The van der Waals surface area contributed by atoms with Gasteiger partial charge in [-0.1, -0.05) is 13.0 Å². The minimum absolute atomic E-state index is 0.125. The molecule has 0 aliphatic rings. The zero-order valence-corrected chi connectivity index (χ0v) is 12.1. The van der Waals surface area contributed by atoms with Crippen LogP contribution in [0.2, 0.25) is 0 Å². The highest BCUT2D eigenvalue weighted by Gasteiger charge is 2.15. The van der Waals surface area contributed by atoms with Gasteiger partial charge in [-0.05, 0) is 38.8 Å². The van der Waals surface area contributed by atoms with E-state index in [0.29, 0.717) is 6.54 Å². The third-order valence-corrected chi connectivity index (χ3v) is 3.59. The Morgan fingerprint density at radius 2 is 2.05 bits per heavy atom. The van der Waals surface area contributed by atoms with Crippen LogP contribution in [-0.2, 0) is 13.0 Å². The van der Waals surface area contributed by atoms with Gasteiger partial charge in [-0.15, -0.1) is 6.58 Å². The quantitative estimate of drug-likeness (QED) is 0.791. The van der Waals surface area contributed by atoms with Gasteiger partial charge in [0.05, 0.1) is 5.39 Å². The molecule has 0 fully saturated rings. The average Bonchev–Trinajstić information content (AvgIpc) is 2.34. The lowest BCUT2D eigenvalue weighted by atomic mass is 10.0. The summed E-state index contributed by atoms with van der Waals surface area (Å²) in [5.41, 5.74) is 4.71. The van der Waals surface area contributed by atoms with Crippen LogP contribution >= 0.6 is 0 Å². The van der Waals surface area contributed by atoms with Crippen LogP contribution in [-0.4, -0.2) is 9.55 Å². The summed E-state index contributed by atoms with van der Waals surface area (Å²) in [4.78, 5) is 17.2. The minimum Gasteiger partial charge on any atom is -0.326 e. The maximum Gasteiger partial charge on any atom is 0.194 e. The molecular formula is C16H20N2O. The van der Waals surface area contributed by atoms with E-state index >= 15 is 0 Å². The van der Waals surface area contributed by atoms with Crippen LogP contribution in [0.1, 0.15) is 29.4 Å². The first-order valence-corrected chi connectivity index (χ1v) is 6.62. The van der Waals surface area contributed by atoms with Gasteiger partial charge in [0.1, 0.15) is 5.65 Å². The van der Waals surface area contributed by atoms with Crippen molar-refractivity contribution in [1.82, 2.24) is 9.55 Å². The van der Waals surface area contributed by atoms with Crippen molar-refractivity contribution in [3.63, 3.8) is 0 Å². The Hall–Kier alpha value is -1.90. The summed E-state index contributed by atoms with van der Waals surface area (Å²) in [6.45, 7) is 12.4. The molecule has 0 unspecified atom stereocenters.